The zero-order valence-corrected chi connectivity index (χ0v) is 18.2. The minimum Gasteiger partial charge on any atom is -0.381 e. The number of aromatic nitrogens is 3. The van der Waals surface area contributed by atoms with Crippen LogP contribution in [0.25, 0.3) is 22.4 Å². The summed E-state index contributed by atoms with van der Waals surface area (Å²) < 4.78 is 13.9. The SMILES string of the molecule is COC1CCOC2(CCN(c3cc(-c4nc5ccccc5n4C)c(Cl)cn3)CC2)C1. The lowest BCUT2D eigenvalue weighted by Crippen LogP contribution is -2.51. The monoisotopic (exact) mass is 426 g/mol. The molecule has 1 spiro atoms. The number of methoxy groups -OCH3 is 1. The molecule has 0 bridgehead atoms. The maximum Gasteiger partial charge on any atom is 0.142 e. The highest BCUT2D eigenvalue weighted by Gasteiger charge is 2.40. The zero-order valence-electron chi connectivity index (χ0n) is 17.5. The molecule has 2 fully saturated rings. The number of halogens is 1. The van der Waals surface area contributed by atoms with Gasteiger partial charge in [-0.1, -0.05) is 23.7 Å². The fourth-order valence-electron chi connectivity index (χ4n) is 4.83. The van der Waals surface area contributed by atoms with Crippen LogP contribution in [-0.2, 0) is 16.5 Å². The van der Waals surface area contributed by atoms with Crippen molar-refractivity contribution in [2.24, 2.45) is 7.05 Å². The highest BCUT2D eigenvalue weighted by molar-refractivity contribution is 6.33. The van der Waals surface area contributed by atoms with Gasteiger partial charge in [0.1, 0.15) is 11.6 Å². The zero-order chi connectivity index (χ0) is 20.7. The number of rotatable bonds is 3. The molecule has 2 aromatic heterocycles. The van der Waals surface area contributed by atoms with E-state index in [0.717, 1.165) is 73.6 Å². The summed E-state index contributed by atoms with van der Waals surface area (Å²) in [6, 6.07) is 10.2. The summed E-state index contributed by atoms with van der Waals surface area (Å²) in [5.41, 5.74) is 2.91. The van der Waals surface area contributed by atoms with Gasteiger partial charge in [-0.15, -0.1) is 0 Å². The second-order valence-electron chi connectivity index (χ2n) is 8.37. The van der Waals surface area contributed by atoms with Gasteiger partial charge in [-0.05, 0) is 37.5 Å². The summed E-state index contributed by atoms with van der Waals surface area (Å²) in [6.07, 6.45) is 5.99. The van der Waals surface area contributed by atoms with E-state index in [1.54, 1.807) is 13.3 Å². The van der Waals surface area contributed by atoms with Crippen LogP contribution in [0.3, 0.4) is 0 Å². The van der Waals surface area contributed by atoms with Crippen LogP contribution in [0.1, 0.15) is 25.7 Å². The van der Waals surface area contributed by atoms with E-state index in [9.17, 15) is 0 Å². The first-order valence-corrected chi connectivity index (χ1v) is 11.0. The molecule has 0 amide bonds. The van der Waals surface area contributed by atoms with E-state index in [0.29, 0.717) is 11.1 Å². The second kappa shape index (κ2) is 7.84. The molecule has 6 nitrogen and oxygen atoms in total. The topological polar surface area (TPSA) is 52.4 Å². The highest BCUT2D eigenvalue weighted by Crippen LogP contribution is 2.38. The summed E-state index contributed by atoms with van der Waals surface area (Å²) in [4.78, 5) is 11.8. The molecule has 7 heteroatoms. The number of para-hydroxylation sites is 2. The molecule has 30 heavy (non-hydrogen) atoms. The number of pyridine rings is 1. The first kappa shape index (κ1) is 19.8. The first-order chi connectivity index (χ1) is 14.6. The number of hydrogen-bond acceptors (Lipinski definition) is 5. The molecular weight excluding hydrogens is 400 g/mol. The minimum atomic E-state index is -0.0535. The van der Waals surface area contributed by atoms with Crippen molar-refractivity contribution in [2.75, 3.05) is 31.7 Å². The number of nitrogens with zero attached hydrogens (tertiary/aromatic N) is 4. The number of ether oxygens (including phenoxy) is 2. The van der Waals surface area contributed by atoms with Gasteiger partial charge in [-0.3, -0.25) is 0 Å². The van der Waals surface area contributed by atoms with Crippen LogP contribution in [0.15, 0.2) is 36.5 Å². The minimum absolute atomic E-state index is 0.0535. The van der Waals surface area contributed by atoms with Crippen LogP contribution in [-0.4, -0.2) is 53.0 Å². The summed E-state index contributed by atoms with van der Waals surface area (Å²) in [7, 11) is 3.83. The van der Waals surface area contributed by atoms with E-state index < -0.39 is 0 Å². The molecule has 5 rings (SSSR count). The van der Waals surface area contributed by atoms with Gasteiger partial charge in [-0.2, -0.15) is 0 Å². The number of aryl methyl sites for hydroxylation is 1. The van der Waals surface area contributed by atoms with Gasteiger partial charge in [0.2, 0.25) is 0 Å². The lowest BCUT2D eigenvalue weighted by atomic mass is 9.83. The molecule has 1 aromatic carbocycles. The molecule has 3 aromatic rings. The third kappa shape index (κ3) is 3.47. The quantitative estimate of drug-likeness (QED) is 0.619. The summed E-state index contributed by atoms with van der Waals surface area (Å²) >= 11 is 6.55. The van der Waals surface area contributed by atoms with E-state index in [2.05, 4.69) is 26.6 Å². The largest absolute Gasteiger partial charge is 0.381 e. The molecule has 2 aliphatic heterocycles. The van der Waals surface area contributed by atoms with Crippen molar-refractivity contribution in [3.05, 3.63) is 41.6 Å². The van der Waals surface area contributed by atoms with Crippen LogP contribution in [0, 0.1) is 0 Å². The van der Waals surface area contributed by atoms with Crippen LogP contribution >= 0.6 is 11.6 Å². The maximum absolute atomic E-state index is 6.55. The summed E-state index contributed by atoms with van der Waals surface area (Å²) in [5.74, 6) is 1.80. The highest BCUT2D eigenvalue weighted by atomic mass is 35.5. The molecule has 1 atom stereocenters. The number of anilines is 1. The Kier molecular flexibility index (Phi) is 5.17. The third-order valence-corrected chi connectivity index (χ3v) is 6.95. The lowest BCUT2D eigenvalue weighted by molar-refractivity contribution is -0.136. The van der Waals surface area contributed by atoms with Gasteiger partial charge in [0.25, 0.3) is 0 Å². The van der Waals surface area contributed by atoms with Crippen molar-refractivity contribution in [3.63, 3.8) is 0 Å². The van der Waals surface area contributed by atoms with Crippen molar-refractivity contribution in [2.45, 2.75) is 37.4 Å². The Morgan fingerprint density at radius 2 is 2.03 bits per heavy atom. The van der Waals surface area contributed by atoms with E-state index in [1.165, 1.54) is 0 Å². The molecule has 4 heterocycles. The summed E-state index contributed by atoms with van der Waals surface area (Å²) in [5, 5.41) is 0.615. The van der Waals surface area contributed by atoms with E-state index >= 15 is 0 Å². The standard InChI is InChI=1S/C23H27ClN4O2/c1-27-20-6-4-3-5-19(20)26-22(27)17-13-21(25-15-18(17)24)28-10-8-23(9-11-28)14-16(29-2)7-12-30-23/h3-6,13,15-16H,7-12,14H2,1-2H3. The molecule has 2 saturated heterocycles. The molecular formula is C23H27ClN4O2. The van der Waals surface area contributed by atoms with Crippen LogP contribution in [0.2, 0.25) is 5.02 Å². The van der Waals surface area contributed by atoms with Gasteiger partial charge in [0.05, 0.1) is 27.8 Å². The Hall–Kier alpha value is -2.15. The Labute approximate surface area is 181 Å². The molecule has 158 valence electrons. The molecule has 1 unspecified atom stereocenters. The number of imidazole rings is 1. The predicted molar refractivity (Wildman–Crippen MR) is 119 cm³/mol. The number of hydrogen-bond donors (Lipinski definition) is 0. The van der Waals surface area contributed by atoms with Gasteiger partial charge in [-0.25, -0.2) is 9.97 Å². The maximum atomic E-state index is 6.55. The fraction of sp³-hybridized carbons (Fsp3) is 0.478. The normalized spacial score (nSPS) is 21.4. The third-order valence-electron chi connectivity index (χ3n) is 6.65. The Balaban J connectivity index is 1.40. The fourth-order valence-corrected chi connectivity index (χ4v) is 5.02. The van der Waals surface area contributed by atoms with Crippen molar-refractivity contribution >= 4 is 28.5 Å². The van der Waals surface area contributed by atoms with E-state index in [-0.39, 0.29) is 5.60 Å². The van der Waals surface area contributed by atoms with Crippen molar-refractivity contribution < 1.29 is 9.47 Å². The van der Waals surface area contributed by atoms with Gasteiger partial charge in [0, 0.05) is 52.0 Å². The Morgan fingerprint density at radius 1 is 1.23 bits per heavy atom. The van der Waals surface area contributed by atoms with E-state index in [4.69, 9.17) is 26.1 Å². The second-order valence-corrected chi connectivity index (χ2v) is 8.78. The molecule has 0 radical (unpaired) electrons. The van der Waals surface area contributed by atoms with Crippen molar-refractivity contribution in [1.82, 2.24) is 14.5 Å². The smallest absolute Gasteiger partial charge is 0.142 e. The molecule has 0 aliphatic carbocycles. The predicted octanol–water partition coefficient (Wildman–Crippen LogP) is 4.45. The van der Waals surface area contributed by atoms with Crippen LogP contribution in [0.4, 0.5) is 5.82 Å². The molecule has 0 saturated carbocycles. The van der Waals surface area contributed by atoms with Crippen LogP contribution < -0.4 is 4.90 Å². The molecule has 0 N–H and O–H groups in total. The average Bonchev–Trinajstić information content (AvgIpc) is 3.11. The number of benzene rings is 1. The van der Waals surface area contributed by atoms with Crippen LogP contribution in [0.5, 0.6) is 0 Å². The first-order valence-electron chi connectivity index (χ1n) is 10.6. The van der Waals surface area contributed by atoms with Crippen molar-refractivity contribution in [3.8, 4) is 11.4 Å². The number of piperidine rings is 1. The number of fused-ring (bicyclic) bond motifs is 1. The van der Waals surface area contributed by atoms with Gasteiger partial charge >= 0.3 is 0 Å². The average molecular weight is 427 g/mol. The van der Waals surface area contributed by atoms with E-state index in [1.807, 2.05) is 25.2 Å². The molecule has 2 aliphatic rings. The van der Waals surface area contributed by atoms with Crippen molar-refractivity contribution in [1.29, 1.82) is 0 Å². The van der Waals surface area contributed by atoms with Gasteiger partial charge < -0.3 is 18.9 Å². The lowest BCUT2D eigenvalue weighted by Gasteiger charge is -2.46. The summed E-state index contributed by atoms with van der Waals surface area (Å²) in [6.45, 7) is 2.61. The Morgan fingerprint density at radius 3 is 2.80 bits per heavy atom. The Bertz CT molecular complexity index is 1060. The van der Waals surface area contributed by atoms with Gasteiger partial charge in [0.15, 0.2) is 0 Å².